The maximum atomic E-state index is 5.16. The van der Waals surface area contributed by atoms with Crippen LogP contribution in [0.1, 0.15) is 44.1 Å². The average Bonchev–Trinajstić information content (AvgIpc) is 2.55. The van der Waals surface area contributed by atoms with Gasteiger partial charge in [0.25, 0.3) is 0 Å². The molecule has 0 aromatic heterocycles. The number of nitrogens with zero attached hydrogens (tertiary/aromatic N) is 1. The fraction of sp³-hybridized carbons (Fsp3) is 0.667. The normalized spacial score (nSPS) is 16.0. The van der Waals surface area contributed by atoms with E-state index in [1.54, 1.807) is 7.11 Å². The van der Waals surface area contributed by atoms with Crippen molar-refractivity contribution in [2.75, 3.05) is 33.3 Å². The number of hydrogen-bond donors (Lipinski definition) is 1. The van der Waals surface area contributed by atoms with Crippen molar-refractivity contribution in [2.24, 2.45) is 0 Å². The van der Waals surface area contributed by atoms with Gasteiger partial charge in [0.05, 0.1) is 7.11 Å². The zero-order valence-corrected chi connectivity index (χ0v) is 13.4. The molecule has 0 amide bonds. The standard InChI is InChI=1S/C18H30N2O/c1-21-18-10-8-17(9-11-18)16-19-12-4-2-5-13-20-14-6-3-7-15-20/h8-11,19H,2-7,12-16H2,1H3. The average molecular weight is 290 g/mol. The SMILES string of the molecule is COc1ccc(CNCCCCCN2CCCCC2)cc1. The third kappa shape index (κ3) is 6.49. The van der Waals surface area contributed by atoms with Gasteiger partial charge in [-0.15, -0.1) is 0 Å². The lowest BCUT2D eigenvalue weighted by molar-refractivity contribution is 0.224. The van der Waals surface area contributed by atoms with E-state index < -0.39 is 0 Å². The van der Waals surface area contributed by atoms with E-state index in [0.29, 0.717) is 0 Å². The van der Waals surface area contributed by atoms with Gasteiger partial charge >= 0.3 is 0 Å². The highest BCUT2D eigenvalue weighted by Gasteiger charge is 2.08. The molecule has 0 aliphatic carbocycles. The van der Waals surface area contributed by atoms with Crippen LogP contribution in [0, 0.1) is 0 Å². The molecule has 1 aliphatic rings. The van der Waals surface area contributed by atoms with Gasteiger partial charge in [-0.05, 0) is 69.6 Å². The first-order valence-corrected chi connectivity index (χ1v) is 8.44. The van der Waals surface area contributed by atoms with Crippen LogP contribution in [0.3, 0.4) is 0 Å². The molecule has 118 valence electrons. The lowest BCUT2D eigenvalue weighted by Crippen LogP contribution is -2.30. The fourth-order valence-corrected chi connectivity index (χ4v) is 2.92. The molecule has 1 heterocycles. The van der Waals surface area contributed by atoms with E-state index in [4.69, 9.17) is 4.74 Å². The molecule has 2 rings (SSSR count). The quantitative estimate of drug-likeness (QED) is 0.705. The Kier molecular flexibility index (Phi) is 7.61. The number of likely N-dealkylation sites (tertiary alicyclic amines) is 1. The molecule has 0 spiro atoms. The van der Waals surface area contributed by atoms with Crippen LogP contribution in [0.15, 0.2) is 24.3 Å². The largest absolute Gasteiger partial charge is 0.497 e. The van der Waals surface area contributed by atoms with Gasteiger partial charge in [-0.1, -0.05) is 25.0 Å². The van der Waals surface area contributed by atoms with Crippen molar-refractivity contribution in [1.82, 2.24) is 10.2 Å². The molecule has 1 aromatic rings. The Morgan fingerprint density at radius 3 is 2.48 bits per heavy atom. The molecule has 1 fully saturated rings. The minimum atomic E-state index is 0.927. The summed E-state index contributed by atoms with van der Waals surface area (Å²) in [4.78, 5) is 2.63. The molecular formula is C18H30N2O. The summed E-state index contributed by atoms with van der Waals surface area (Å²) in [6.45, 7) is 6.03. The number of piperidine rings is 1. The zero-order valence-electron chi connectivity index (χ0n) is 13.4. The third-order valence-electron chi connectivity index (χ3n) is 4.26. The minimum Gasteiger partial charge on any atom is -0.497 e. The van der Waals surface area contributed by atoms with Gasteiger partial charge in [0.1, 0.15) is 5.75 Å². The van der Waals surface area contributed by atoms with Gasteiger partial charge in [0, 0.05) is 6.54 Å². The molecule has 0 bridgehead atoms. The number of methoxy groups -OCH3 is 1. The summed E-state index contributed by atoms with van der Waals surface area (Å²) in [5.41, 5.74) is 1.32. The molecule has 0 radical (unpaired) electrons. The second kappa shape index (κ2) is 9.80. The predicted molar refractivity (Wildman–Crippen MR) is 88.8 cm³/mol. The van der Waals surface area contributed by atoms with E-state index in [-0.39, 0.29) is 0 Å². The molecular weight excluding hydrogens is 260 g/mol. The number of hydrogen-bond acceptors (Lipinski definition) is 3. The van der Waals surface area contributed by atoms with Crippen molar-refractivity contribution in [3.05, 3.63) is 29.8 Å². The van der Waals surface area contributed by atoms with Gasteiger partial charge in [-0.25, -0.2) is 0 Å². The van der Waals surface area contributed by atoms with Crippen molar-refractivity contribution in [3.63, 3.8) is 0 Å². The number of ether oxygens (including phenoxy) is 1. The van der Waals surface area contributed by atoms with E-state index in [9.17, 15) is 0 Å². The van der Waals surface area contributed by atoms with Crippen molar-refractivity contribution >= 4 is 0 Å². The van der Waals surface area contributed by atoms with Crippen molar-refractivity contribution in [1.29, 1.82) is 0 Å². The van der Waals surface area contributed by atoms with E-state index in [1.165, 1.54) is 63.7 Å². The summed E-state index contributed by atoms with van der Waals surface area (Å²) in [6.07, 6.45) is 8.22. The van der Waals surface area contributed by atoms with E-state index in [2.05, 4.69) is 22.3 Å². The van der Waals surface area contributed by atoms with E-state index in [1.807, 2.05) is 12.1 Å². The molecule has 21 heavy (non-hydrogen) atoms. The minimum absolute atomic E-state index is 0.927. The maximum absolute atomic E-state index is 5.16. The molecule has 1 aromatic carbocycles. The van der Waals surface area contributed by atoms with Crippen molar-refractivity contribution in [3.8, 4) is 5.75 Å². The highest BCUT2D eigenvalue weighted by Crippen LogP contribution is 2.11. The summed E-state index contributed by atoms with van der Waals surface area (Å²) < 4.78 is 5.16. The van der Waals surface area contributed by atoms with Crippen LogP contribution >= 0.6 is 0 Å². The molecule has 1 aliphatic heterocycles. The van der Waals surface area contributed by atoms with Crippen molar-refractivity contribution < 1.29 is 4.74 Å². The first kappa shape index (κ1) is 16.3. The lowest BCUT2D eigenvalue weighted by atomic mass is 10.1. The van der Waals surface area contributed by atoms with Crippen LogP contribution < -0.4 is 10.1 Å². The summed E-state index contributed by atoms with van der Waals surface area (Å²) in [7, 11) is 1.71. The Bertz CT molecular complexity index is 371. The number of benzene rings is 1. The summed E-state index contributed by atoms with van der Waals surface area (Å²) >= 11 is 0. The van der Waals surface area contributed by atoms with Crippen LogP contribution in [0.25, 0.3) is 0 Å². The molecule has 0 atom stereocenters. The van der Waals surface area contributed by atoms with Gasteiger partial charge in [-0.2, -0.15) is 0 Å². The Balaban J connectivity index is 1.46. The van der Waals surface area contributed by atoms with Crippen LogP contribution in [0.4, 0.5) is 0 Å². The highest BCUT2D eigenvalue weighted by atomic mass is 16.5. The van der Waals surface area contributed by atoms with Crippen molar-refractivity contribution in [2.45, 2.75) is 45.1 Å². The predicted octanol–water partition coefficient (Wildman–Crippen LogP) is 3.44. The third-order valence-corrected chi connectivity index (χ3v) is 4.26. The second-order valence-electron chi connectivity index (χ2n) is 5.99. The van der Waals surface area contributed by atoms with E-state index in [0.717, 1.165) is 18.8 Å². The Morgan fingerprint density at radius 2 is 1.76 bits per heavy atom. The molecule has 1 N–H and O–H groups in total. The summed E-state index contributed by atoms with van der Waals surface area (Å²) in [5, 5.41) is 3.52. The van der Waals surface area contributed by atoms with Crippen LogP contribution in [0.2, 0.25) is 0 Å². The Labute approximate surface area is 129 Å². The van der Waals surface area contributed by atoms with Crippen LogP contribution in [-0.4, -0.2) is 38.2 Å². The molecule has 0 saturated carbocycles. The molecule has 3 heteroatoms. The van der Waals surface area contributed by atoms with E-state index >= 15 is 0 Å². The summed E-state index contributed by atoms with van der Waals surface area (Å²) in [6, 6.07) is 8.30. The smallest absolute Gasteiger partial charge is 0.118 e. The Morgan fingerprint density at radius 1 is 1.00 bits per heavy atom. The number of rotatable bonds is 9. The summed E-state index contributed by atoms with van der Waals surface area (Å²) in [5.74, 6) is 0.927. The number of unbranched alkanes of at least 4 members (excludes halogenated alkanes) is 2. The first-order valence-electron chi connectivity index (χ1n) is 8.44. The first-order chi connectivity index (χ1) is 10.4. The lowest BCUT2D eigenvalue weighted by Gasteiger charge is -2.26. The monoisotopic (exact) mass is 290 g/mol. The van der Waals surface area contributed by atoms with Gasteiger partial charge in [0.15, 0.2) is 0 Å². The number of nitrogens with one attached hydrogen (secondary N) is 1. The van der Waals surface area contributed by atoms with Crippen LogP contribution in [0.5, 0.6) is 5.75 Å². The van der Waals surface area contributed by atoms with Gasteiger partial charge in [-0.3, -0.25) is 0 Å². The maximum Gasteiger partial charge on any atom is 0.118 e. The Hall–Kier alpha value is -1.06. The molecule has 1 saturated heterocycles. The topological polar surface area (TPSA) is 24.5 Å². The molecule has 3 nitrogen and oxygen atoms in total. The fourth-order valence-electron chi connectivity index (χ4n) is 2.92. The van der Waals surface area contributed by atoms with Crippen LogP contribution in [-0.2, 0) is 6.54 Å². The van der Waals surface area contributed by atoms with Gasteiger partial charge < -0.3 is 15.0 Å². The molecule has 0 unspecified atom stereocenters. The second-order valence-corrected chi connectivity index (χ2v) is 5.99. The highest BCUT2D eigenvalue weighted by molar-refractivity contribution is 5.26. The zero-order chi connectivity index (χ0) is 14.8. The van der Waals surface area contributed by atoms with Gasteiger partial charge in [0.2, 0.25) is 0 Å².